The molecule has 0 radical (unpaired) electrons. The molecule has 0 heterocycles. The molecule has 0 unspecified atom stereocenters. The van der Waals surface area contributed by atoms with Gasteiger partial charge in [-0.05, 0) is 116 Å². The molecule has 0 bridgehead atoms. The van der Waals surface area contributed by atoms with Gasteiger partial charge in [0.05, 0.1) is 0 Å². The van der Waals surface area contributed by atoms with Crippen molar-refractivity contribution < 1.29 is 28.6 Å². The van der Waals surface area contributed by atoms with Crippen molar-refractivity contribution in [2.24, 2.45) is 0 Å². The van der Waals surface area contributed by atoms with Crippen LogP contribution in [0.2, 0.25) is 0 Å². The molecular weight excluding hydrogens is 829 g/mol. The van der Waals surface area contributed by atoms with Gasteiger partial charge < -0.3 is 14.2 Å². The maximum Gasteiger partial charge on any atom is 0.306 e. The molecular formula is C61H100O6. The molecule has 0 aromatic carbocycles. The third-order valence-electron chi connectivity index (χ3n) is 11.2. The highest BCUT2D eigenvalue weighted by atomic mass is 16.6. The summed E-state index contributed by atoms with van der Waals surface area (Å²) in [4.78, 5) is 38.1. The molecule has 0 saturated heterocycles. The average molecular weight is 929 g/mol. The predicted molar refractivity (Wildman–Crippen MR) is 288 cm³/mol. The van der Waals surface area contributed by atoms with Crippen LogP contribution in [0.4, 0.5) is 0 Å². The Hall–Kier alpha value is -3.93. The maximum atomic E-state index is 12.8. The van der Waals surface area contributed by atoms with Crippen LogP contribution in [0, 0.1) is 0 Å². The molecule has 380 valence electrons. The topological polar surface area (TPSA) is 78.9 Å². The van der Waals surface area contributed by atoms with Crippen LogP contribution in [0.25, 0.3) is 0 Å². The van der Waals surface area contributed by atoms with E-state index >= 15 is 0 Å². The summed E-state index contributed by atoms with van der Waals surface area (Å²) in [5, 5.41) is 0. The van der Waals surface area contributed by atoms with Crippen molar-refractivity contribution in [3.63, 3.8) is 0 Å². The fourth-order valence-corrected chi connectivity index (χ4v) is 7.19. The summed E-state index contributed by atoms with van der Waals surface area (Å²) in [6.07, 6.45) is 73.6. The van der Waals surface area contributed by atoms with E-state index in [0.717, 1.165) is 116 Å². The van der Waals surface area contributed by atoms with Gasteiger partial charge in [-0.15, -0.1) is 0 Å². The molecule has 0 aliphatic carbocycles. The van der Waals surface area contributed by atoms with Crippen LogP contribution in [-0.4, -0.2) is 37.2 Å². The summed E-state index contributed by atoms with van der Waals surface area (Å²) < 4.78 is 16.8. The second kappa shape index (κ2) is 54.7. The summed E-state index contributed by atoms with van der Waals surface area (Å²) in [5.41, 5.74) is 0. The molecule has 6 nitrogen and oxygen atoms in total. The van der Waals surface area contributed by atoms with Gasteiger partial charge in [0.1, 0.15) is 13.2 Å². The van der Waals surface area contributed by atoms with E-state index in [9.17, 15) is 14.4 Å². The van der Waals surface area contributed by atoms with Crippen LogP contribution in [0.3, 0.4) is 0 Å². The highest BCUT2D eigenvalue weighted by Crippen LogP contribution is 2.14. The van der Waals surface area contributed by atoms with Gasteiger partial charge in [0, 0.05) is 19.3 Å². The smallest absolute Gasteiger partial charge is 0.306 e. The molecule has 0 spiro atoms. The van der Waals surface area contributed by atoms with Gasteiger partial charge >= 0.3 is 17.9 Å². The summed E-state index contributed by atoms with van der Waals surface area (Å²) in [6.45, 7) is 6.34. The van der Waals surface area contributed by atoms with Crippen molar-refractivity contribution in [3.8, 4) is 0 Å². The van der Waals surface area contributed by atoms with Crippen molar-refractivity contribution in [2.75, 3.05) is 13.2 Å². The Balaban J connectivity index is 4.52. The Labute approximate surface area is 412 Å². The van der Waals surface area contributed by atoms with E-state index in [1.165, 1.54) is 77.0 Å². The van der Waals surface area contributed by atoms with E-state index in [-0.39, 0.29) is 37.5 Å². The van der Waals surface area contributed by atoms with Crippen molar-refractivity contribution in [1.29, 1.82) is 0 Å². The summed E-state index contributed by atoms with van der Waals surface area (Å²) >= 11 is 0. The number of esters is 3. The van der Waals surface area contributed by atoms with E-state index in [1.54, 1.807) is 0 Å². The van der Waals surface area contributed by atoms with Gasteiger partial charge in [-0.2, -0.15) is 0 Å². The monoisotopic (exact) mass is 929 g/mol. The third kappa shape index (κ3) is 52.9. The number of allylic oxidation sites excluding steroid dienone is 18. The van der Waals surface area contributed by atoms with E-state index in [0.29, 0.717) is 19.3 Å². The Bertz CT molecular complexity index is 1390. The molecule has 67 heavy (non-hydrogen) atoms. The average Bonchev–Trinajstić information content (AvgIpc) is 3.33. The zero-order chi connectivity index (χ0) is 48.6. The van der Waals surface area contributed by atoms with Crippen LogP contribution in [0.1, 0.15) is 239 Å². The number of hydrogen-bond donors (Lipinski definition) is 0. The fraction of sp³-hybridized carbons (Fsp3) is 0.656. The lowest BCUT2D eigenvalue weighted by Crippen LogP contribution is -2.30. The largest absolute Gasteiger partial charge is 0.462 e. The van der Waals surface area contributed by atoms with Crippen molar-refractivity contribution in [2.45, 2.75) is 245 Å². The molecule has 0 aromatic rings. The van der Waals surface area contributed by atoms with Gasteiger partial charge in [-0.1, -0.05) is 214 Å². The number of ether oxygens (including phenoxy) is 3. The van der Waals surface area contributed by atoms with Gasteiger partial charge in [-0.3, -0.25) is 14.4 Å². The SMILES string of the molecule is CC/C=C/C/C=C/C/C=C/C/C=C/C/C=C/CCCC(=O)OC[C@@H](COC(=O)CCCCCCC/C=C/C/C=C/C/C=C/CC)OC(=O)CCCCCCCCC/C=C/CCCCCCCC. The summed E-state index contributed by atoms with van der Waals surface area (Å²) in [6, 6.07) is 0. The third-order valence-corrected chi connectivity index (χ3v) is 11.2. The second-order valence-corrected chi connectivity index (χ2v) is 17.7. The van der Waals surface area contributed by atoms with E-state index < -0.39 is 6.10 Å². The van der Waals surface area contributed by atoms with Crippen LogP contribution < -0.4 is 0 Å². The molecule has 1 atom stereocenters. The quantitative estimate of drug-likeness (QED) is 0.0262. The number of hydrogen-bond acceptors (Lipinski definition) is 6. The van der Waals surface area contributed by atoms with Crippen LogP contribution in [0.15, 0.2) is 109 Å². The van der Waals surface area contributed by atoms with Gasteiger partial charge in [0.15, 0.2) is 6.10 Å². The maximum absolute atomic E-state index is 12.8. The van der Waals surface area contributed by atoms with Gasteiger partial charge in [-0.25, -0.2) is 0 Å². The first-order valence-electron chi connectivity index (χ1n) is 27.4. The Morgan fingerprint density at radius 1 is 0.313 bits per heavy atom. The van der Waals surface area contributed by atoms with E-state index in [2.05, 4.69) is 130 Å². The predicted octanol–water partition coefficient (Wildman–Crippen LogP) is 18.3. The second-order valence-electron chi connectivity index (χ2n) is 17.7. The molecule has 0 saturated carbocycles. The van der Waals surface area contributed by atoms with Crippen LogP contribution >= 0.6 is 0 Å². The Kier molecular flexibility index (Phi) is 51.5. The molecule has 0 amide bonds. The molecule has 6 heteroatoms. The number of carbonyl (C=O) groups is 3. The zero-order valence-corrected chi connectivity index (χ0v) is 43.4. The first-order valence-corrected chi connectivity index (χ1v) is 27.4. The normalized spacial score (nSPS) is 12.9. The minimum absolute atomic E-state index is 0.108. The first-order chi connectivity index (χ1) is 33.0. The lowest BCUT2D eigenvalue weighted by atomic mass is 10.1. The molecule has 0 aliphatic heterocycles. The molecule has 0 aliphatic rings. The number of unbranched alkanes of at least 4 members (excludes halogenated alkanes) is 19. The lowest BCUT2D eigenvalue weighted by molar-refractivity contribution is -0.167. The summed E-state index contributed by atoms with van der Waals surface area (Å²) in [5.74, 6) is -0.990. The Morgan fingerprint density at radius 3 is 0.985 bits per heavy atom. The highest BCUT2D eigenvalue weighted by Gasteiger charge is 2.19. The fourth-order valence-electron chi connectivity index (χ4n) is 7.19. The van der Waals surface area contributed by atoms with E-state index in [1.807, 2.05) is 0 Å². The van der Waals surface area contributed by atoms with Crippen molar-refractivity contribution in [1.82, 2.24) is 0 Å². The number of carbonyl (C=O) groups excluding carboxylic acids is 3. The van der Waals surface area contributed by atoms with Gasteiger partial charge in [0.25, 0.3) is 0 Å². The van der Waals surface area contributed by atoms with Crippen LogP contribution in [-0.2, 0) is 28.6 Å². The van der Waals surface area contributed by atoms with E-state index in [4.69, 9.17) is 14.2 Å². The lowest BCUT2D eigenvalue weighted by Gasteiger charge is -2.18. The van der Waals surface area contributed by atoms with Crippen molar-refractivity contribution >= 4 is 17.9 Å². The summed E-state index contributed by atoms with van der Waals surface area (Å²) in [7, 11) is 0. The Morgan fingerprint density at radius 2 is 0.597 bits per heavy atom. The molecule has 0 rings (SSSR count). The standard InChI is InChI=1S/C61H100O6/c1-4-7-10-13-16-19-22-25-28-30-33-36-39-42-45-48-51-54-60(63)66-57-58(56-65-59(62)53-50-47-44-41-38-35-32-27-24-21-18-15-12-9-6-3)67-61(64)55-52-49-46-43-40-37-34-31-29-26-23-20-17-14-11-8-5-2/h7,9-10,12,16,18-19,21,25-29,32-33,36,42,45,58H,4-6,8,11,13-15,17,20,22-24,30-31,34-35,37-41,43-44,46-57H2,1-3H3/b10-7+,12-9+,19-16+,21-18+,28-25+,29-26+,32-27+,36-33+,45-42+/t58-/m1/s1. The van der Waals surface area contributed by atoms with Crippen LogP contribution in [0.5, 0.6) is 0 Å². The zero-order valence-electron chi connectivity index (χ0n) is 43.4. The van der Waals surface area contributed by atoms with Gasteiger partial charge in [0.2, 0.25) is 0 Å². The first kappa shape index (κ1) is 63.1. The molecule has 0 aromatic heterocycles. The number of rotatable bonds is 48. The molecule has 0 fully saturated rings. The molecule has 0 N–H and O–H groups in total. The van der Waals surface area contributed by atoms with Crippen molar-refractivity contribution in [3.05, 3.63) is 109 Å². The highest BCUT2D eigenvalue weighted by molar-refractivity contribution is 5.71. The minimum Gasteiger partial charge on any atom is -0.462 e. The minimum atomic E-state index is -0.812.